The number of halogens is 3. The third-order valence-corrected chi connectivity index (χ3v) is 3.12. The van der Waals surface area contributed by atoms with Crippen LogP contribution in [0.25, 0.3) is 0 Å². The summed E-state index contributed by atoms with van der Waals surface area (Å²) in [6.07, 6.45) is 4.50. The van der Waals surface area contributed by atoms with Crippen LogP contribution in [-0.2, 0) is 0 Å². The van der Waals surface area contributed by atoms with Crippen LogP contribution >= 0.6 is 0 Å². The number of hydrogen-bond acceptors (Lipinski definition) is 1. The monoisotopic (exact) mass is 257 g/mol. The van der Waals surface area contributed by atoms with Crippen LogP contribution in [0.2, 0.25) is 0 Å². The van der Waals surface area contributed by atoms with Gasteiger partial charge in [0.1, 0.15) is 0 Å². The van der Waals surface area contributed by atoms with Crippen LogP contribution in [0.15, 0.2) is 12.1 Å². The molecule has 0 atom stereocenters. The molecule has 0 amide bonds. The van der Waals surface area contributed by atoms with Gasteiger partial charge in [0.25, 0.3) is 0 Å². The Morgan fingerprint density at radius 2 is 1.75 bits per heavy atom. The van der Waals surface area contributed by atoms with Gasteiger partial charge in [-0.2, -0.15) is 0 Å². The molecule has 0 aromatic carbocycles. The maximum absolute atomic E-state index is 12.4. The van der Waals surface area contributed by atoms with Gasteiger partial charge in [0, 0.05) is 12.6 Å². The third-order valence-electron chi connectivity index (χ3n) is 3.12. The van der Waals surface area contributed by atoms with Crippen molar-refractivity contribution < 1.29 is 64.3 Å². The first-order valence-electron chi connectivity index (χ1n) is 5.58. The fourth-order valence-corrected chi connectivity index (χ4v) is 1.78. The summed E-state index contributed by atoms with van der Waals surface area (Å²) < 4.78 is 37.1. The predicted octanol–water partition coefficient (Wildman–Crippen LogP) is -0.192. The maximum atomic E-state index is 12.4. The summed E-state index contributed by atoms with van der Waals surface area (Å²) in [5.74, 6) is 0.652. The minimum absolute atomic E-state index is 0. The van der Waals surface area contributed by atoms with E-state index < -0.39 is 12.4 Å². The van der Waals surface area contributed by atoms with Crippen LogP contribution in [0.3, 0.4) is 0 Å². The molecule has 2 aliphatic rings. The van der Waals surface area contributed by atoms with Crippen molar-refractivity contribution in [2.24, 2.45) is 5.92 Å². The van der Waals surface area contributed by atoms with Crippen molar-refractivity contribution in [3.63, 3.8) is 0 Å². The van der Waals surface area contributed by atoms with Crippen LogP contribution in [0.4, 0.5) is 12.9 Å². The molecule has 16 heavy (non-hydrogen) atoms. The van der Waals surface area contributed by atoms with Crippen molar-refractivity contribution in [3.05, 3.63) is 12.1 Å². The van der Waals surface area contributed by atoms with Gasteiger partial charge in [0.15, 0.2) is 0 Å². The van der Waals surface area contributed by atoms with Gasteiger partial charge in [-0.1, -0.05) is 0 Å². The Morgan fingerprint density at radius 1 is 1.19 bits per heavy atom. The molecule has 0 aliphatic heterocycles. The minimum Gasteiger partial charge on any atom is -0.445 e. The van der Waals surface area contributed by atoms with Crippen molar-refractivity contribution in [2.45, 2.75) is 31.7 Å². The van der Waals surface area contributed by atoms with Gasteiger partial charge in [-0.3, -0.25) is 4.90 Å². The molecule has 2 aliphatic carbocycles. The Morgan fingerprint density at radius 3 is 2.12 bits per heavy atom. The second kappa shape index (κ2) is 5.89. The zero-order valence-electron chi connectivity index (χ0n) is 9.76. The van der Waals surface area contributed by atoms with E-state index in [9.17, 15) is 12.9 Å². The molecule has 1 nitrogen and oxygen atoms in total. The average molecular weight is 257 g/mol. The van der Waals surface area contributed by atoms with Crippen molar-refractivity contribution in [1.82, 2.24) is 4.90 Å². The van der Waals surface area contributed by atoms with Gasteiger partial charge in [0.2, 0.25) is 0 Å². The summed E-state index contributed by atoms with van der Waals surface area (Å²) in [5, 5.41) is 0. The molecule has 6 heteroatoms. The molecular weight excluding hydrogens is 241 g/mol. The molecule has 2 rings (SSSR count). The second-order valence-corrected chi connectivity index (χ2v) is 4.84. The third kappa shape index (κ3) is 4.82. The molecule has 0 heterocycles. The van der Waals surface area contributed by atoms with E-state index in [0.29, 0.717) is 12.0 Å². The predicted molar refractivity (Wildman–Crippen MR) is 55.5 cm³/mol. The molecule has 0 saturated heterocycles. The number of hydrogen-bond donors (Lipinski definition) is 0. The quantitative estimate of drug-likeness (QED) is 0.596. The molecule has 2 fully saturated rings. The zero-order chi connectivity index (χ0) is 11.1. The summed E-state index contributed by atoms with van der Waals surface area (Å²) >= 11 is 0. The molecule has 0 radical (unpaired) electrons. The maximum Gasteiger partial charge on any atom is 1.00 e. The van der Waals surface area contributed by atoms with Crippen molar-refractivity contribution in [3.8, 4) is 0 Å². The van der Waals surface area contributed by atoms with Crippen LogP contribution in [0.5, 0.6) is 0 Å². The normalized spacial score (nSPS) is 20.8. The average Bonchev–Trinajstić information content (AvgIpc) is 2.97. The van der Waals surface area contributed by atoms with E-state index in [1.54, 1.807) is 0 Å². The number of rotatable bonds is 6. The van der Waals surface area contributed by atoms with E-state index in [1.807, 2.05) is 4.90 Å². The molecule has 86 valence electrons. The Labute approximate surface area is 137 Å². The SMILES string of the molecule is C=C(CN(CC1CC1)C1CC1)[B-](F)(F)F.[K+]. The van der Waals surface area contributed by atoms with E-state index in [1.165, 1.54) is 12.8 Å². The van der Waals surface area contributed by atoms with Gasteiger partial charge < -0.3 is 12.9 Å². The molecule has 0 aromatic heterocycles. The van der Waals surface area contributed by atoms with Crippen LogP contribution < -0.4 is 51.4 Å². The van der Waals surface area contributed by atoms with Gasteiger partial charge in [-0.05, 0) is 38.1 Å². The first-order valence-corrected chi connectivity index (χ1v) is 5.58. The van der Waals surface area contributed by atoms with Crippen molar-refractivity contribution in [2.75, 3.05) is 13.1 Å². The van der Waals surface area contributed by atoms with Crippen molar-refractivity contribution in [1.29, 1.82) is 0 Å². The fourth-order valence-electron chi connectivity index (χ4n) is 1.78. The van der Waals surface area contributed by atoms with Crippen LogP contribution in [0.1, 0.15) is 25.7 Å². The molecule has 0 N–H and O–H groups in total. The minimum atomic E-state index is -4.85. The molecule has 0 aromatic rings. The standard InChI is InChI=1S/C10H16BF3N.K/c1-8(11(12,13)14)6-15(10-4-5-10)7-9-2-3-9;/h9-10H,1-7H2;/q-1;+1. The van der Waals surface area contributed by atoms with E-state index in [0.717, 1.165) is 19.4 Å². The first kappa shape index (κ1) is 15.2. The van der Waals surface area contributed by atoms with Gasteiger partial charge in [-0.25, -0.2) is 0 Å². The molecule has 0 spiro atoms. The summed E-state index contributed by atoms with van der Waals surface area (Å²) in [7, 11) is 0. The van der Waals surface area contributed by atoms with Crippen molar-refractivity contribution >= 4 is 6.98 Å². The number of nitrogens with zero attached hydrogens (tertiary/aromatic N) is 1. The second-order valence-electron chi connectivity index (χ2n) is 4.84. The Bertz CT molecular complexity index is 261. The topological polar surface area (TPSA) is 3.24 Å². The Hall–Kier alpha value is 1.19. The summed E-state index contributed by atoms with van der Waals surface area (Å²) in [6, 6.07) is 0.403. The van der Waals surface area contributed by atoms with E-state index in [4.69, 9.17) is 0 Å². The van der Waals surface area contributed by atoms with Gasteiger partial charge in [0.05, 0.1) is 0 Å². The molecular formula is C10H16BF3KN. The fraction of sp³-hybridized carbons (Fsp3) is 0.800. The van der Waals surface area contributed by atoms with E-state index >= 15 is 0 Å². The Kier molecular flexibility index (Phi) is 5.61. The first-order chi connectivity index (χ1) is 6.97. The summed E-state index contributed by atoms with van der Waals surface area (Å²) in [4.78, 5) is 1.98. The van der Waals surface area contributed by atoms with E-state index in [2.05, 4.69) is 6.58 Å². The zero-order valence-corrected chi connectivity index (χ0v) is 12.9. The van der Waals surface area contributed by atoms with Crippen LogP contribution in [-0.4, -0.2) is 31.0 Å². The van der Waals surface area contributed by atoms with Gasteiger partial charge in [-0.15, -0.1) is 12.1 Å². The van der Waals surface area contributed by atoms with E-state index in [-0.39, 0.29) is 57.9 Å². The largest absolute Gasteiger partial charge is 1.00 e. The van der Waals surface area contributed by atoms with Crippen LogP contribution in [0, 0.1) is 5.92 Å². The Balaban J connectivity index is 0.00000128. The molecule has 0 bridgehead atoms. The smallest absolute Gasteiger partial charge is 0.445 e. The molecule has 0 unspecified atom stereocenters. The van der Waals surface area contributed by atoms with Gasteiger partial charge >= 0.3 is 58.4 Å². The summed E-state index contributed by atoms with van der Waals surface area (Å²) in [5.41, 5.74) is -0.539. The molecule has 2 saturated carbocycles. The summed E-state index contributed by atoms with van der Waals surface area (Å²) in [6.45, 7) is -0.807.